The van der Waals surface area contributed by atoms with E-state index in [1.807, 2.05) is 42.5 Å². The van der Waals surface area contributed by atoms with Crippen LogP contribution in [-0.2, 0) is 22.6 Å². The van der Waals surface area contributed by atoms with E-state index in [0.29, 0.717) is 29.0 Å². The van der Waals surface area contributed by atoms with Crippen molar-refractivity contribution in [2.24, 2.45) is 0 Å². The molecule has 0 spiro atoms. The topological polar surface area (TPSA) is 86.8 Å². The van der Waals surface area contributed by atoms with Crippen LogP contribution in [0.5, 0.6) is 0 Å². The molecule has 1 unspecified atom stereocenters. The minimum Gasteiger partial charge on any atom is -0.352 e. The maximum Gasteiger partial charge on any atom is 0.261 e. The summed E-state index contributed by atoms with van der Waals surface area (Å²) in [5.74, 6) is -1.07. The summed E-state index contributed by atoms with van der Waals surface area (Å²) in [4.78, 5) is 56.1. The lowest BCUT2D eigenvalue weighted by atomic mass is 10.0. The summed E-state index contributed by atoms with van der Waals surface area (Å²) in [7, 11) is 0. The SMILES string of the molecule is O=C(NC1CCCC1)C(Cc1ccccc1)N(Cc1cccc(Cl)c1)C(=O)CCCN1C(=O)c2ccccc2C1=O. The monoisotopic (exact) mass is 571 g/mol. The largest absolute Gasteiger partial charge is 0.352 e. The molecule has 1 aliphatic heterocycles. The van der Waals surface area contributed by atoms with Crippen molar-refractivity contribution >= 4 is 35.2 Å². The fourth-order valence-electron chi connectivity index (χ4n) is 5.73. The highest BCUT2D eigenvalue weighted by molar-refractivity contribution is 6.30. The number of benzene rings is 3. The number of carbonyl (C=O) groups is 4. The zero-order valence-corrected chi connectivity index (χ0v) is 23.7. The predicted molar refractivity (Wildman–Crippen MR) is 157 cm³/mol. The van der Waals surface area contributed by atoms with Crippen LogP contribution < -0.4 is 5.32 Å². The number of hydrogen-bond donors (Lipinski definition) is 1. The molecule has 1 saturated carbocycles. The van der Waals surface area contributed by atoms with Crippen molar-refractivity contribution in [2.45, 2.75) is 63.6 Å². The summed E-state index contributed by atoms with van der Waals surface area (Å²) < 4.78 is 0. The van der Waals surface area contributed by atoms with E-state index in [4.69, 9.17) is 11.6 Å². The first kappa shape index (κ1) is 28.6. The first-order chi connectivity index (χ1) is 19.9. The molecule has 1 N–H and O–H groups in total. The normalized spacial score (nSPS) is 15.6. The van der Waals surface area contributed by atoms with Crippen molar-refractivity contribution < 1.29 is 19.2 Å². The van der Waals surface area contributed by atoms with Gasteiger partial charge < -0.3 is 10.2 Å². The molecule has 5 rings (SSSR count). The second kappa shape index (κ2) is 13.1. The van der Waals surface area contributed by atoms with Gasteiger partial charge in [-0.2, -0.15) is 0 Å². The molecule has 1 heterocycles. The van der Waals surface area contributed by atoms with E-state index < -0.39 is 6.04 Å². The van der Waals surface area contributed by atoms with Crippen molar-refractivity contribution in [3.63, 3.8) is 0 Å². The average molecular weight is 572 g/mol. The fraction of sp³-hybridized carbons (Fsp3) is 0.333. The van der Waals surface area contributed by atoms with Gasteiger partial charge in [0.1, 0.15) is 6.04 Å². The lowest BCUT2D eigenvalue weighted by Crippen LogP contribution is -2.52. The van der Waals surface area contributed by atoms with Crippen LogP contribution in [0.1, 0.15) is 70.4 Å². The van der Waals surface area contributed by atoms with E-state index in [0.717, 1.165) is 36.8 Å². The zero-order valence-electron chi connectivity index (χ0n) is 22.9. The third-order valence-electron chi connectivity index (χ3n) is 7.87. The van der Waals surface area contributed by atoms with E-state index in [9.17, 15) is 19.2 Å². The highest BCUT2D eigenvalue weighted by atomic mass is 35.5. The number of imide groups is 1. The van der Waals surface area contributed by atoms with Gasteiger partial charge in [-0.15, -0.1) is 0 Å². The van der Waals surface area contributed by atoms with E-state index in [1.165, 1.54) is 4.90 Å². The van der Waals surface area contributed by atoms with E-state index in [2.05, 4.69) is 5.32 Å². The van der Waals surface area contributed by atoms with E-state index >= 15 is 0 Å². The van der Waals surface area contributed by atoms with Crippen LogP contribution in [0.2, 0.25) is 5.02 Å². The number of amides is 4. The summed E-state index contributed by atoms with van der Waals surface area (Å²) in [5.41, 5.74) is 2.54. The Morgan fingerprint density at radius 2 is 1.51 bits per heavy atom. The quantitative estimate of drug-likeness (QED) is 0.312. The molecule has 3 aromatic rings. The molecule has 41 heavy (non-hydrogen) atoms. The van der Waals surface area contributed by atoms with Gasteiger partial charge in [-0.1, -0.05) is 79.0 Å². The lowest BCUT2D eigenvalue weighted by molar-refractivity contribution is -0.141. The first-order valence-corrected chi connectivity index (χ1v) is 14.6. The molecule has 4 amide bonds. The van der Waals surface area contributed by atoms with Crippen LogP contribution >= 0.6 is 11.6 Å². The van der Waals surface area contributed by atoms with E-state index in [1.54, 1.807) is 41.3 Å². The van der Waals surface area contributed by atoms with Crippen molar-refractivity contribution in [2.75, 3.05) is 6.54 Å². The molecule has 1 aliphatic carbocycles. The molecule has 212 valence electrons. The van der Waals surface area contributed by atoms with Crippen molar-refractivity contribution in [3.8, 4) is 0 Å². The number of carbonyl (C=O) groups excluding carboxylic acids is 4. The van der Waals surface area contributed by atoms with E-state index in [-0.39, 0.29) is 49.2 Å². The molecular formula is C33H34ClN3O4. The molecule has 8 heteroatoms. The van der Waals surface area contributed by atoms with Crippen LogP contribution in [0.15, 0.2) is 78.9 Å². The minimum absolute atomic E-state index is 0.0793. The van der Waals surface area contributed by atoms with Gasteiger partial charge in [0.05, 0.1) is 11.1 Å². The number of rotatable bonds is 11. The van der Waals surface area contributed by atoms with Crippen LogP contribution in [0, 0.1) is 0 Å². The van der Waals surface area contributed by atoms with Gasteiger partial charge in [-0.25, -0.2) is 0 Å². The molecular weight excluding hydrogens is 538 g/mol. The molecule has 1 fully saturated rings. The summed E-state index contributed by atoms with van der Waals surface area (Å²) in [6, 6.07) is 23.1. The van der Waals surface area contributed by atoms with Crippen molar-refractivity contribution in [3.05, 3.63) is 106 Å². The highest BCUT2D eigenvalue weighted by Gasteiger charge is 2.36. The Morgan fingerprint density at radius 1 is 0.878 bits per heavy atom. The number of fused-ring (bicyclic) bond motifs is 1. The Balaban J connectivity index is 1.35. The number of nitrogens with one attached hydrogen (secondary N) is 1. The number of nitrogens with zero attached hydrogens (tertiary/aromatic N) is 2. The van der Waals surface area contributed by atoms with Crippen LogP contribution in [0.3, 0.4) is 0 Å². The van der Waals surface area contributed by atoms with Crippen molar-refractivity contribution in [1.82, 2.24) is 15.1 Å². The Labute approximate surface area is 245 Å². The summed E-state index contributed by atoms with van der Waals surface area (Å²) in [6.07, 6.45) is 4.77. The van der Waals surface area contributed by atoms with Gasteiger partial charge >= 0.3 is 0 Å². The second-order valence-corrected chi connectivity index (χ2v) is 11.2. The summed E-state index contributed by atoms with van der Waals surface area (Å²) >= 11 is 6.26. The molecule has 3 aromatic carbocycles. The molecule has 1 atom stereocenters. The van der Waals surface area contributed by atoms with Crippen LogP contribution in [0.4, 0.5) is 0 Å². The molecule has 0 aromatic heterocycles. The average Bonchev–Trinajstić information content (AvgIpc) is 3.57. The van der Waals surface area contributed by atoms with Gasteiger partial charge in [0.2, 0.25) is 11.8 Å². The van der Waals surface area contributed by atoms with Crippen LogP contribution in [0.25, 0.3) is 0 Å². The van der Waals surface area contributed by atoms with Gasteiger partial charge in [0.15, 0.2) is 0 Å². The smallest absolute Gasteiger partial charge is 0.261 e. The Kier molecular flexibility index (Phi) is 9.14. The first-order valence-electron chi connectivity index (χ1n) is 14.2. The summed E-state index contributed by atoms with van der Waals surface area (Å²) in [6.45, 7) is 0.336. The molecule has 7 nitrogen and oxygen atoms in total. The number of halogens is 1. The molecule has 0 saturated heterocycles. The molecule has 2 aliphatic rings. The maximum atomic E-state index is 13.9. The Bertz CT molecular complexity index is 1390. The number of hydrogen-bond acceptors (Lipinski definition) is 4. The van der Waals surface area contributed by atoms with Crippen LogP contribution in [-0.4, -0.2) is 52.1 Å². The standard InChI is InChI=1S/C33H34ClN3O4/c34-25-13-8-12-24(20-25)22-37(29(21-23-10-2-1-3-11-23)31(39)35-26-14-4-5-15-26)30(38)18-9-19-36-32(40)27-16-6-7-17-28(27)33(36)41/h1-3,6-8,10-13,16-17,20,26,29H,4-5,9,14-15,18-19,21-22H2,(H,35,39). The van der Waals surface area contributed by atoms with Gasteiger partial charge in [0, 0.05) is 37.0 Å². The summed E-state index contributed by atoms with van der Waals surface area (Å²) in [5, 5.41) is 3.75. The lowest BCUT2D eigenvalue weighted by Gasteiger charge is -2.32. The maximum absolute atomic E-state index is 13.9. The second-order valence-electron chi connectivity index (χ2n) is 10.8. The third kappa shape index (κ3) is 6.85. The highest BCUT2D eigenvalue weighted by Crippen LogP contribution is 2.24. The van der Waals surface area contributed by atoms with Gasteiger partial charge in [-0.05, 0) is 54.7 Å². The minimum atomic E-state index is -0.733. The van der Waals surface area contributed by atoms with Gasteiger partial charge in [0.25, 0.3) is 11.8 Å². The fourth-order valence-corrected chi connectivity index (χ4v) is 5.94. The Morgan fingerprint density at radius 3 is 2.17 bits per heavy atom. The molecule has 0 radical (unpaired) electrons. The van der Waals surface area contributed by atoms with Gasteiger partial charge in [-0.3, -0.25) is 24.1 Å². The van der Waals surface area contributed by atoms with Crippen molar-refractivity contribution in [1.29, 1.82) is 0 Å². The molecule has 0 bridgehead atoms. The zero-order chi connectivity index (χ0) is 28.8. The third-order valence-corrected chi connectivity index (χ3v) is 8.10. The predicted octanol–water partition coefficient (Wildman–Crippen LogP) is 5.42. The Hall–Kier alpha value is -3.97.